The van der Waals surface area contributed by atoms with E-state index < -0.39 is 0 Å². The molecule has 0 spiro atoms. The van der Waals surface area contributed by atoms with Crippen LogP contribution in [0.5, 0.6) is 0 Å². The van der Waals surface area contributed by atoms with E-state index in [0.29, 0.717) is 24.7 Å². The van der Waals surface area contributed by atoms with Gasteiger partial charge in [0.05, 0.1) is 24.1 Å². The Morgan fingerprint density at radius 2 is 2.14 bits per heavy atom. The second-order valence-corrected chi connectivity index (χ2v) is 5.76. The lowest BCUT2D eigenvalue weighted by molar-refractivity contribution is 0.464. The first-order valence-corrected chi connectivity index (χ1v) is 7.27. The Labute approximate surface area is 129 Å². The molecular weight excluding hydrogens is 288 g/mol. The molecule has 0 radical (unpaired) electrons. The summed E-state index contributed by atoms with van der Waals surface area (Å²) in [4.78, 5) is 16.5. The number of nitrogens with one attached hydrogen (secondary N) is 1. The quantitative estimate of drug-likeness (QED) is 0.923. The second-order valence-electron chi connectivity index (χ2n) is 5.38. The molecule has 5 nitrogen and oxygen atoms in total. The lowest BCUT2D eigenvalue weighted by atomic mass is 10.2. The molecule has 6 heteroatoms. The predicted octanol–water partition coefficient (Wildman–Crippen LogP) is 2.87. The maximum absolute atomic E-state index is 12.1. The Morgan fingerprint density at radius 1 is 1.38 bits per heavy atom. The number of aryl methyl sites for hydroxylation is 1. The number of anilines is 1. The highest BCUT2D eigenvalue weighted by atomic mass is 35.5. The van der Waals surface area contributed by atoms with Gasteiger partial charge in [0.1, 0.15) is 5.02 Å². The normalized spacial score (nSPS) is 10.9. The van der Waals surface area contributed by atoms with Crippen molar-refractivity contribution >= 4 is 17.3 Å². The molecule has 0 saturated heterocycles. The fraction of sp³-hybridized carbons (Fsp3) is 0.400. The van der Waals surface area contributed by atoms with Crippen LogP contribution in [0.3, 0.4) is 0 Å². The van der Waals surface area contributed by atoms with Crippen molar-refractivity contribution < 1.29 is 0 Å². The summed E-state index contributed by atoms with van der Waals surface area (Å²) in [6.45, 7) is 7.04. The van der Waals surface area contributed by atoms with Gasteiger partial charge in [-0.05, 0) is 25.0 Å². The highest BCUT2D eigenvalue weighted by molar-refractivity contribution is 6.32. The minimum atomic E-state index is -0.271. The van der Waals surface area contributed by atoms with Crippen molar-refractivity contribution in [3.05, 3.63) is 51.2 Å². The zero-order valence-electron chi connectivity index (χ0n) is 12.4. The Balaban J connectivity index is 2.14. The van der Waals surface area contributed by atoms with Crippen molar-refractivity contribution in [2.75, 3.05) is 5.32 Å². The van der Waals surface area contributed by atoms with Crippen LogP contribution in [0.4, 0.5) is 5.69 Å². The van der Waals surface area contributed by atoms with Gasteiger partial charge < -0.3 is 5.32 Å². The van der Waals surface area contributed by atoms with Gasteiger partial charge in [-0.1, -0.05) is 31.5 Å². The molecule has 0 unspecified atom stereocenters. The molecule has 1 N–H and O–H groups in total. The van der Waals surface area contributed by atoms with Gasteiger partial charge in [0.2, 0.25) is 0 Å². The van der Waals surface area contributed by atoms with E-state index in [-0.39, 0.29) is 10.6 Å². The van der Waals surface area contributed by atoms with Gasteiger partial charge in [-0.15, -0.1) is 0 Å². The van der Waals surface area contributed by atoms with Crippen LogP contribution in [0.2, 0.25) is 5.02 Å². The van der Waals surface area contributed by atoms with E-state index in [1.165, 1.54) is 4.68 Å². The summed E-state index contributed by atoms with van der Waals surface area (Å²) < 4.78 is 1.39. The third kappa shape index (κ3) is 4.04. The van der Waals surface area contributed by atoms with E-state index in [2.05, 4.69) is 15.4 Å². The van der Waals surface area contributed by atoms with Gasteiger partial charge in [0.25, 0.3) is 5.56 Å². The molecule has 2 heterocycles. The molecule has 112 valence electrons. The van der Waals surface area contributed by atoms with Crippen molar-refractivity contribution in [1.82, 2.24) is 14.8 Å². The van der Waals surface area contributed by atoms with Crippen molar-refractivity contribution in [2.24, 2.45) is 5.92 Å². The fourth-order valence-electron chi connectivity index (χ4n) is 1.95. The van der Waals surface area contributed by atoms with Gasteiger partial charge >= 0.3 is 0 Å². The maximum Gasteiger partial charge on any atom is 0.287 e. The van der Waals surface area contributed by atoms with E-state index in [9.17, 15) is 4.79 Å². The Bertz CT molecular complexity index is 682. The van der Waals surface area contributed by atoms with Gasteiger partial charge in [0, 0.05) is 12.2 Å². The molecule has 0 aromatic carbocycles. The Kier molecular flexibility index (Phi) is 4.96. The molecule has 0 amide bonds. The van der Waals surface area contributed by atoms with E-state index in [1.807, 2.05) is 39.0 Å². The molecule has 21 heavy (non-hydrogen) atoms. The number of nitrogens with zero attached hydrogens (tertiary/aromatic N) is 3. The summed E-state index contributed by atoms with van der Waals surface area (Å²) in [5, 5.41) is 7.42. The van der Waals surface area contributed by atoms with Gasteiger partial charge in [0.15, 0.2) is 0 Å². The standard InChI is InChI=1S/C15H19ClN4O/c1-10(2)9-20-15(21)14(16)13(8-18-20)17-7-12-6-4-5-11(3)19-12/h4-6,8,10,17H,7,9H2,1-3H3. The number of halogens is 1. The Hall–Kier alpha value is -1.88. The minimum Gasteiger partial charge on any atom is -0.377 e. The largest absolute Gasteiger partial charge is 0.377 e. The zero-order chi connectivity index (χ0) is 15.4. The third-order valence-corrected chi connectivity index (χ3v) is 3.29. The molecule has 0 bridgehead atoms. The zero-order valence-corrected chi connectivity index (χ0v) is 13.2. The second kappa shape index (κ2) is 6.72. The Morgan fingerprint density at radius 3 is 2.81 bits per heavy atom. The topological polar surface area (TPSA) is 59.8 Å². The third-order valence-electron chi connectivity index (χ3n) is 2.93. The molecule has 0 saturated carbocycles. The summed E-state index contributed by atoms with van der Waals surface area (Å²) in [7, 11) is 0. The molecule has 0 aliphatic carbocycles. The van der Waals surface area contributed by atoms with Gasteiger partial charge in [-0.2, -0.15) is 5.10 Å². The van der Waals surface area contributed by atoms with Crippen molar-refractivity contribution in [2.45, 2.75) is 33.9 Å². The smallest absolute Gasteiger partial charge is 0.287 e. The van der Waals surface area contributed by atoms with E-state index in [1.54, 1.807) is 6.20 Å². The summed E-state index contributed by atoms with van der Waals surface area (Å²) >= 11 is 6.12. The van der Waals surface area contributed by atoms with Crippen LogP contribution in [0, 0.1) is 12.8 Å². The van der Waals surface area contributed by atoms with E-state index in [4.69, 9.17) is 11.6 Å². The van der Waals surface area contributed by atoms with E-state index >= 15 is 0 Å². The van der Waals surface area contributed by atoms with Crippen LogP contribution >= 0.6 is 11.6 Å². The molecule has 2 rings (SSSR count). The highest BCUT2D eigenvalue weighted by Crippen LogP contribution is 2.16. The van der Waals surface area contributed by atoms with Crippen LogP contribution in [0.25, 0.3) is 0 Å². The molecule has 0 atom stereocenters. The number of rotatable bonds is 5. The first kappa shape index (κ1) is 15.5. The molecule has 0 aliphatic rings. The van der Waals surface area contributed by atoms with Crippen molar-refractivity contribution in [3.63, 3.8) is 0 Å². The first-order valence-electron chi connectivity index (χ1n) is 6.89. The summed E-state index contributed by atoms with van der Waals surface area (Å²) in [6, 6.07) is 5.80. The van der Waals surface area contributed by atoms with Crippen LogP contribution in [0.1, 0.15) is 25.2 Å². The van der Waals surface area contributed by atoms with Crippen LogP contribution in [0.15, 0.2) is 29.2 Å². The maximum atomic E-state index is 12.1. The van der Waals surface area contributed by atoms with Crippen LogP contribution in [-0.4, -0.2) is 14.8 Å². The lowest BCUT2D eigenvalue weighted by Crippen LogP contribution is -2.26. The molecule has 2 aromatic rings. The van der Waals surface area contributed by atoms with Crippen LogP contribution < -0.4 is 10.9 Å². The lowest BCUT2D eigenvalue weighted by Gasteiger charge is -2.11. The number of hydrogen-bond acceptors (Lipinski definition) is 4. The fourth-order valence-corrected chi connectivity index (χ4v) is 2.16. The number of hydrogen-bond donors (Lipinski definition) is 1. The SMILES string of the molecule is Cc1cccc(CNc2cnn(CC(C)C)c(=O)c2Cl)n1. The highest BCUT2D eigenvalue weighted by Gasteiger charge is 2.10. The monoisotopic (exact) mass is 306 g/mol. The molecule has 0 fully saturated rings. The summed E-state index contributed by atoms with van der Waals surface area (Å²) in [6.07, 6.45) is 1.59. The van der Waals surface area contributed by atoms with Crippen molar-refractivity contribution in [1.29, 1.82) is 0 Å². The number of pyridine rings is 1. The van der Waals surface area contributed by atoms with Crippen molar-refractivity contribution in [3.8, 4) is 0 Å². The van der Waals surface area contributed by atoms with Gasteiger partial charge in [-0.25, -0.2) is 4.68 Å². The summed E-state index contributed by atoms with van der Waals surface area (Å²) in [5.41, 5.74) is 2.10. The van der Waals surface area contributed by atoms with Crippen LogP contribution in [-0.2, 0) is 13.1 Å². The molecular formula is C15H19ClN4O. The molecule has 0 aliphatic heterocycles. The average Bonchev–Trinajstić information content (AvgIpc) is 2.43. The summed E-state index contributed by atoms with van der Waals surface area (Å²) in [5.74, 6) is 0.335. The predicted molar refractivity (Wildman–Crippen MR) is 84.6 cm³/mol. The molecule has 2 aromatic heterocycles. The minimum absolute atomic E-state index is 0.165. The van der Waals surface area contributed by atoms with Gasteiger partial charge in [-0.3, -0.25) is 9.78 Å². The average molecular weight is 307 g/mol. The number of aromatic nitrogens is 3. The van der Waals surface area contributed by atoms with E-state index in [0.717, 1.165) is 11.4 Å². The first-order chi connectivity index (χ1) is 9.97.